The molecular weight excluding hydrogens is 312 g/mol. The molecule has 0 radical (unpaired) electrons. The first-order chi connectivity index (χ1) is 11.2. The van der Waals surface area contributed by atoms with E-state index >= 15 is 0 Å². The Bertz CT molecular complexity index is 639. The number of rotatable bonds is 4. The van der Waals surface area contributed by atoms with Crippen molar-refractivity contribution >= 4 is 29.1 Å². The molecule has 0 bridgehead atoms. The van der Waals surface area contributed by atoms with E-state index in [-0.39, 0.29) is 5.91 Å². The highest BCUT2D eigenvalue weighted by Crippen LogP contribution is 2.21. The van der Waals surface area contributed by atoms with E-state index < -0.39 is 0 Å². The Morgan fingerprint density at radius 2 is 2.13 bits per heavy atom. The van der Waals surface area contributed by atoms with Crippen molar-refractivity contribution in [3.63, 3.8) is 0 Å². The highest BCUT2D eigenvalue weighted by Gasteiger charge is 2.16. The molecule has 23 heavy (non-hydrogen) atoms. The second-order valence-electron chi connectivity index (χ2n) is 5.71. The van der Waals surface area contributed by atoms with Crippen LogP contribution < -0.4 is 5.32 Å². The molecule has 1 amide bonds. The molecule has 2 aliphatic heterocycles. The third kappa shape index (κ3) is 4.56. The molecule has 2 saturated heterocycles. The van der Waals surface area contributed by atoms with Crippen molar-refractivity contribution < 1.29 is 9.90 Å². The number of hydrogen-bond donors (Lipinski definition) is 2. The molecule has 0 aromatic heterocycles. The van der Waals surface area contributed by atoms with Crippen LogP contribution in [-0.4, -0.2) is 46.1 Å². The van der Waals surface area contributed by atoms with Crippen LogP contribution in [0.3, 0.4) is 0 Å². The lowest BCUT2D eigenvalue weighted by Gasteiger charge is -2.26. The van der Waals surface area contributed by atoms with Crippen molar-refractivity contribution in [2.24, 2.45) is 10.2 Å². The lowest BCUT2D eigenvalue weighted by Crippen LogP contribution is -2.29. The number of carbonyl (C=O) groups is 1. The molecule has 2 heterocycles. The third-order valence-corrected chi connectivity index (χ3v) is 4.75. The molecule has 0 spiro atoms. The van der Waals surface area contributed by atoms with E-state index in [1.807, 2.05) is 6.07 Å². The second-order valence-corrected chi connectivity index (χ2v) is 6.68. The molecule has 2 fully saturated rings. The van der Waals surface area contributed by atoms with Gasteiger partial charge in [-0.25, -0.2) is 0 Å². The first-order valence-electron chi connectivity index (χ1n) is 7.78. The monoisotopic (exact) mass is 332 g/mol. The van der Waals surface area contributed by atoms with Gasteiger partial charge in [-0.2, -0.15) is 5.10 Å². The van der Waals surface area contributed by atoms with E-state index in [1.165, 1.54) is 31.0 Å². The van der Waals surface area contributed by atoms with Gasteiger partial charge in [0.05, 0.1) is 12.0 Å². The van der Waals surface area contributed by atoms with Crippen LogP contribution >= 0.6 is 11.8 Å². The number of hydrogen-bond acceptors (Lipinski definition) is 6. The zero-order valence-corrected chi connectivity index (χ0v) is 13.7. The number of carbonyl (C=O) groups excluding carboxylic acids is 1. The average molecular weight is 332 g/mol. The predicted molar refractivity (Wildman–Crippen MR) is 92.9 cm³/mol. The first kappa shape index (κ1) is 16.0. The molecular formula is C16H20N4O2S. The molecule has 0 atom stereocenters. The third-order valence-electron chi connectivity index (χ3n) is 3.89. The number of aromatic hydroxyl groups is 1. The lowest BCUT2D eigenvalue weighted by molar-refractivity contribution is -0.116. The van der Waals surface area contributed by atoms with Crippen LogP contribution in [0.1, 0.15) is 30.4 Å². The fourth-order valence-corrected chi connectivity index (χ4v) is 3.33. The standard InChI is InChI=1S/C16H20N4O2S/c21-14-5-4-12(9-17-19-16-18-15(22)11-23-16)8-13(14)10-20-6-2-1-3-7-20/h4-5,8-9,21H,1-3,6-7,10-11H2,(H,18,19,22). The van der Waals surface area contributed by atoms with Crippen LogP contribution in [0.2, 0.25) is 0 Å². The number of benzene rings is 1. The summed E-state index contributed by atoms with van der Waals surface area (Å²) >= 11 is 1.34. The normalized spacial score (nSPS) is 21.2. The molecule has 122 valence electrons. The van der Waals surface area contributed by atoms with Gasteiger partial charge in [0.2, 0.25) is 5.91 Å². The molecule has 6 nitrogen and oxygen atoms in total. The Labute approximate surface area is 139 Å². The Morgan fingerprint density at radius 1 is 1.30 bits per heavy atom. The van der Waals surface area contributed by atoms with E-state index in [0.717, 1.165) is 30.8 Å². The lowest BCUT2D eigenvalue weighted by atomic mass is 10.1. The van der Waals surface area contributed by atoms with Gasteiger partial charge in [-0.1, -0.05) is 18.2 Å². The van der Waals surface area contributed by atoms with Gasteiger partial charge in [0.25, 0.3) is 0 Å². The van der Waals surface area contributed by atoms with Crippen molar-refractivity contribution in [3.8, 4) is 5.75 Å². The number of amides is 1. The minimum atomic E-state index is -0.0441. The highest BCUT2D eigenvalue weighted by molar-refractivity contribution is 8.15. The van der Waals surface area contributed by atoms with Gasteiger partial charge in [-0.15, -0.1) is 5.10 Å². The number of phenolic OH excluding ortho intramolecular Hbond substituents is 1. The summed E-state index contributed by atoms with van der Waals surface area (Å²) in [4.78, 5) is 13.4. The van der Waals surface area contributed by atoms with Gasteiger partial charge in [0.15, 0.2) is 5.17 Å². The zero-order valence-electron chi connectivity index (χ0n) is 12.9. The van der Waals surface area contributed by atoms with Gasteiger partial charge < -0.3 is 10.4 Å². The van der Waals surface area contributed by atoms with Crippen molar-refractivity contribution in [1.82, 2.24) is 10.2 Å². The topological polar surface area (TPSA) is 77.3 Å². The van der Waals surface area contributed by atoms with E-state index in [0.29, 0.717) is 16.7 Å². The number of likely N-dealkylation sites (tertiary alicyclic amines) is 1. The summed E-state index contributed by atoms with van der Waals surface area (Å²) in [6.07, 6.45) is 5.38. The highest BCUT2D eigenvalue weighted by atomic mass is 32.2. The van der Waals surface area contributed by atoms with Crippen molar-refractivity contribution in [3.05, 3.63) is 29.3 Å². The van der Waals surface area contributed by atoms with Crippen LogP contribution in [0.15, 0.2) is 28.4 Å². The zero-order chi connectivity index (χ0) is 16.1. The number of thioether (sulfide) groups is 1. The maximum absolute atomic E-state index is 11.1. The van der Waals surface area contributed by atoms with Crippen molar-refractivity contribution in [2.45, 2.75) is 25.8 Å². The fraction of sp³-hybridized carbons (Fsp3) is 0.438. The minimum Gasteiger partial charge on any atom is -0.508 e. The summed E-state index contributed by atoms with van der Waals surface area (Å²) in [5, 5.41) is 21.2. The molecule has 7 heteroatoms. The average Bonchev–Trinajstić information content (AvgIpc) is 2.97. The Hall–Kier alpha value is -1.86. The molecule has 0 unspecified atom stereocenters. The van der Waals surface area contributed by atoms with Crippen LogP contribution in [0.25, 0.3) is 0 Å². The first-order valence-corrected chi connectivity index (χ1v) is 8.77. The molecule has 2 N–H and O–H groups in total. The number of nitrogens with zero attached hydrogens (tertiary/aromatic N) is 3. The molecule has 2 aliphatic rings. The Kier molecular flexibility index (Phi) is 5.30. The van der Waals surface area contributed by atoms with Crippen LogP contribution in [0.5, 0.6) is 5.75 Å². The summed E-state index contributed by atoms with van der Waals surface area (Å²) in [6, 6.07) is 5.44. The number of nitrogens with one attached hydrogen (secondary N) is 1. The number of piperidine rings is 1. The minimum absolute atomic E-state index is 0.0441. The van der Waals surface area contributed by atoms with E-state index in [2.05, 4.69) is 20.4 Å². The van der Waals surface area contributed by atoms with E-state index in [4.69, 9.17) is 0 Å². The quantitative estimate of drug-likeness (QED) is 0.652. The molecule has 3 rings (SSSR count). The number of phenols is 1. The van der Waals surface area contributed by atoms with Gasteiger partial charge in [-0.3, -0.25) is 9.69 Å². The van der Waals surface area contributed by atoms with E-state index in [1.54, 1.807) is 18.3 Å². The fourth-order valence-electron chi connectivity index (χ4n) is 2.70. The molecule has 1 aromatic carbocycles. The largest absolute Gasteiger partial charge is 0.508 e. The maximum atomic E-state index is 11.1. The Balaban J connectivity index is 1.65. The SMILES string of the molecule is O=C1CSC(=NN=Cc2ccc(O)c(CN3CCCCC3)c2)N1. The summed E-state index contributed by atoms with van der Waals surface area (Å²) < 4.78 is 0. The smallest absolute Gasteiger partial charge is 0.236 e. The van der Waals surface area contributed by atoms with E-state index in [9.17, 15) is 9.90 Å². The maximum Gasteiger partial charge on any atom is 0.236 e. The summed E-state index contributed by atoms with van der Waals surface area (Å²) in [5.74, 6) is 0.670. The molecule has 0 saturated carbocycles. The van der Waals surface area contributed by atoms with Gasteiger partial charge in [-0.05, 0) is 49.7 Å². The van der Waals surface area contributed by atoms with Crippen molar-refractivity contribution in [2.75, 3.05) is 18.8 Å². The van der Waals surface area contributed by atoms with Crippen LogP contribution in [0.4, 0.5) is 0 Å². The second kappa shape index (κ2) is 7.61. The summed E-state index contributed by atoms with van der Waals surface area (Å²) in [5.41, 5.74) is 1.79. The van der Waals surface area contributed by atoms with Crippen LogP contribution in [-0.2, 0) is 11.3 Å². The molecule has 1 aromatic rings. The summed E-state index contributed by atoms with van der Waals surface area (Å²) in [7, 11) is 0. The van der Waals surface area contributed by atoms with Gasteiger partial charge in [0, 0.05) is 12.1 Å². The molecule has 0 aliphatic carbocycles. The Morgan fingerprint density at radius 3 is 2.87 bits per heavy atom. The van der Waals surface area contributed by atoms with Crippen molar-refractivity contribution in [1.29, 1.82) is 0 Å². The van der Waals surface area contributed by atoms with Gasteiger partial charge >= 0.3 is 0 Å². The predicted octanol–water partition coefficient (Wildman–Crippen LogP) is 1.93. The van der Waals surface area contributed by atoms with Crippen LogP contribution in [0, 0.1) is 0 Å². The van der Waals surface area contributed by atoms with Gasteiger partial charge in [0.1, 0.15) is 5.75 Å². The number of amidine groups is 1. The summed E-state index contributed by atoms with van der Waals surface area (Å²) in [6.45, 7) is 2.93.